The summed E-state index contributed by atoms with van der Waals surface area (Å²) in [6.45, 7) is 5.14. The van der Waals surface area contributed by atoms with Crippen LogP contribution < -0.4 is 10.1 Å². The first-order valence-corrected chi connectivity index (χ1v) is 8.17. The van der Waals surface area contributed by atoms with Gasteiger partial charge in [0.05, 0.1) is 7.11 Å². The van der Waals surface area contributed by atoms with E-state index < -0.39 is 23.7 Å². The molecule has 6 heteroatoms. The van der Waals surface area contributed by atoms with Gasteiger partial charge in [-0.15, -0.1) is 0 Å². The summed E-state index contributed by atoms with van der Waals surface area (Å²) >= 11 is 0. The van der Waals surface area contributed by atoms with E-state index in [9.17, 15) is 14.7 Å². The summed E-state index contributed by atoms with van der Waals surface area (Å²) in [7, 11) is 1.60. The maximum atomic E-state index is 11.9. The van der Waals surface area contributed by atoms with Crippen LogP contribution in [0.3, 0.4) is 0 Å². The van der Waals surface area contributed by atoms with Crippen LogP contribution in [0.15, 0.2) is 48.5 Å². The Balaban J connectivity index is 2.23. The average molecular weight is 357 g/mol. The number of rotatable bonds is 5. The molecular formula is C20H23NO5. The topological polar surface area (TPSA) is 84.9 Å². The van der Waals surface area contributed by atoms with Crippen LogP contribution in [0, 0.1) is 0 Å². The van der Waals surface area contributed by atoms with Crippen LogP contribution >= 0.6 is 0 Å². The lowest BCUT2D eigenvalue weighted by molar-refractivity contribution is -0.139. The number of ether oxygens (including phenoxy) is 2. The number of hydrogen-bond donors (Lipinski definition) is 2. The molecule has 26 heavy (non-hydrogen) atoms. The fourth-order valence-corrected chi connectivity index (χ4v) is 2.45. The predicted octanol–water partition coefficient (Wildman–Crippen LogP) is 4.01. The van der Waals surface area contributed by atoms with E-state index in [1.807, 2.05) is 24.3 Å². The van der Waals surface area contributed by atoms with Crippen molar-refractivity contribution in [2.45, 2.75) is 32.4 Å². The van der Waals surface area contributed by atoms with E-state index in [0.29, 0.717) is 5.56 Å². The molecule has 0 unspecified atom stereocenters. The molecule has 2 aromatic rings. The van der Waals surface area contributed by atoms with E-state index in [1.54, 1.807) is 52.1 Å². The number of carbonyl (C=O) groups is 2. The van der Waals surface area contributed by atoms with Gasteiger partial charge in [-0.05, 0) is 38.0 Å². The van der Waals surface area contributed by atoms with Crippen molar-refractivity contribution in [3.8, 4) is 16.9 Å². The Hall–Kier alpha value is -3.02. The summed E-state index contributed by atoms with van der Waals surface area (Å²) in [5, 5.41) is 11.8. The van der Waals surface area contributed by atoms with Gasteiger partial charge in [-0.2, -0.15) is 0 Å². The number of carboxylic acid groups (broad SMARTS) is 1. The number of para-hydroxylation sites is 1. The molecule has 2 rings (SSSR count). The van der Waals surface area contributed by atoms with Crippen LogP contribution in [0.1, 0.15) is 32.4 Å². The third-order valence-corrected chi connectivity index (χ3v) is 3.57. The third kappa shape index (κ3) is 4.99. The molecule has 2 aromatic carbocycles. The summed E-state index contributed by atoms with van der Waals surface area (Å²) in [6.07, 6.45) is -0.779. The number of carbonyl (C=O) groups excluding carboxylic acids is 1. The monoisotopic (exact) mass is 357 g/mol. The highest BCUT2D eigenvalue weighted by molar-refractivity contribution is 5.82. The number of benzene rings is 2. The highest BCUT2D eigenvalue weighted by Crippen LogP contribution is 2.30. The van der Waals surface area contributed by atoms with E-state index in [1.165, 1.54) is 0 Å². The smallest absolute Gasteiger partial charge is 0.408 e. The van der Waals surface area contributed by atoms with Crippen molar-refractivity contribution in [2.24, 2.45) is 0 Å². The van der Waals surface area contributed by atoms with E-state index in [2.05, 4.69) is 5.32 Å². The molecular weight excluding hydrogens is 334 g/mol. The number of hydrogen-bond acceptors (Lipinski definition) is 4. The van der Waals surface area contributed by atoms with Crippen LogP contribution in [0.5, 0.6) is 5.75 Å². The molecule has 0 heterocycles. The molecule has 0 bridgehead atoms. The lowest BCUT2D eigenvalue weighted by atomic mass is 10.00. The van der Waals surface area contributed by atoms with Crippen LogP contribution in [0.2, 0.25) is 0 Å². The molecule has 0 spiro atoms. The molecule has 0 saturated heterocycles. The van der Waals surface area contributed by atoms with Crippen LogP contribution in [-0.2, 0) is 9.53 Å². The highest BCUT2D eigenvalue weighted by atomic mass is 16.6. The van der Waals surface area contributed by atoms with E-state index >= 15 is 0 Å². The lowest BCUT2D eigenvalue weighted by Crippen LogP contribution is -2.38. The standard InChI is InChI=1S/C20H23NO5/c1-20(2,3)26-19(24)21-17(18(22)23)14-11-9-13(10-12-14)15-7-5-6-8-16(15)25-4/h5-12,17H,1-4H3,(H,21,24)(H,22,23)/t17-/m0/s1. The van der Waals surface area contributed by atoms with Crippen LogP contribution in [0.4, 0.5) is 4.79 Å². The van der Waals surface area contributed by atoms with Crippen molar-refractivity contribution < 1.29 is 24.2 Å². The second-order valence-electron chi connectivity index (χ2n) is 6.74. The minimum absolute atomic E-state index is 0.446. The van der Waals surface area contributed by atoms with Crippen LogP contribution in [0.25, 0.3) is 11.1 Å². The molecule has 2 N–H and O–H groups in total. The Bertz CT molecular complexity index is 778. The highest BCUT2D eigenvalue weighted by Gasteiger charge is 2.25. The predicted molar refractivity (Wildman–Crippen MR) is 98.2 cm³/mol. The lowest BCUT2D eigenvalue weighted by Gasteiger charge is -2.22. The second kappa shape index (κ2) is 7.91. The van der Waals surface area contributed by atoms with Gasteiger partial charge in [0.25, 0.3) is 0 Å². The second-order valence-corrected chi connectivity index (χ2v) is 6.74. The zero-order chi connectivity index (χ0) is 19.3. The van der Waals surface area contributed by atoms with Gasteiger partial charge in [0, 0.05) is 5.56 Å². The van der Waals surface area contributed by atoms with E-state index in [0.717, 1.165) is 16.9 Å². The number of carboxylic acids is 1. The van der Waals surface area contributed by atoms with Gasteiger partial charge in [-0.3, -0.25) is 0 Å². The van der Waals surface area contributed by atoms with Gasteiger partial charge in [0.1, 0.15) is 11.4 Å². The summed E-state index contributed by atoms with van der Waals surface area (Å²) in [4.78, 5) is 23.5. The normalized spacial score (nSPS) is 12.2. The summed E-state index contributed by atoms with van der Waals surface area (Å²) in [5.74, 6) is -0.442. The van der Waals surface area contributed by atoms with Gasteiger partial charge >= 0.3 is 12.1 Å². The van der Waals surface area contributed by atoms with Gasteiger partial charge in [0.15, 0.2) is 6.04 Å². The van der Waals surface area contributed by atoms with Gasteiger partial charge in [0.2, 0.25) is 0 Å². The minimum Gasteiger partial charge on any atom is -0.496 e. The maximum absolute atomic E-state index is 11.9. The Morgan fingerprint density at radius 3 is 2.19 bits per heavy atom. The van der Waals surface area contributed by atoms with Crippen molar-refractivity contribution >= 4 is 12.1 Å². The van der Waals surface area contributed by atoms with Gasteiger partial charge in [-0.25, -0.2) is 9.59 Å². The van der Waals surface area contributed by atoms with E-state index in [-0.39, 0.29) is 0 Å². The summed E-state index contributed by atoms with van der Waals surface area (Å²) in [6, 6.07) is 13.3. The first-order chi connectivity index (χ1) is 12.2. The quantitative estimate of drug-likeness (QED) is 0.844. The van der Waals surface area contributed by atoms with Crippen molar-refractivity contribution in [2.75, 3.05) is 7.11 Å². The molecule has 138 valence electrons. The number of nitrogens with one attached hydrogen (secondary N) is 1. The Morgan fingerprint density at radius 2 is 1.65 bits per heavy atom. The minimum atomic E-state index is -1.20. The first kappa shape index (κ1) is 19.3. The van der Waals surface area contributed by atoms with Crippen LogP contribution in [-0.4, -0.2) is 29.9 Å². The fourth-order valence-electron chi connectivity index (χ4n) is 2.45. The SMILES string of the molecule is COc1ccccc1-c1ccc([C@H](NC(=O)OC(C)(C)C)C(=O)O)cc1. The first-order valence-electron chi connectivity index (χ1n) is 8.17. The number of methoxy groups -OCH3 is 1. The van der Waals surface area contributed by atoms with Gasteiger partial charge in [-0.1, -0.05) is 42.5 Å². The average Bonchev–Trinajstić information content (AvgIpc) is 2.58. The fraction of sp³-hybridized carbons (Fsp3) is 0.300. The largest absolute Gasteiger partial charge is 0.496 e. The summed E-state index contributed by atoms with van der Waals surface area (Å²) < 4.78 is 10.5. The molecule has 0 aromatic heterocycles. The number of amides is 1. The Morgan fingerprint density at radius 1 is 1.04 bits per heavy atom. The molecule has 0 aliphatic rings. The summed E-state index contributed by atoms with van der Waals surface area (Å²) in [5.41, 5.74) is 1.52. The Labute approximate surface area is 152 Å². The van der Waals surface area contributed by atoms with Crippen molar-refractivity contribution in [1.82, 2.24) is 5.32 Å². The zero-order valence-electron chi connectivity index (χ0n) is 15.3. The van der Waals surface area contributed by atoms with Gasteiger partial charge < -0.3 is 19.9 Å². The molecule has 1 amide bonds. The molecule has 0 radical (unpaired) electrons. The van der Waals surface area contributed by atoms with Crippen molar-refractivity contribution in [3.63, 3.8) is 0 Å². The molecule has 0 aliphatic heterocycles. The van der Waals surface area contributed by atoms with E-state index in [4.69, 9.17) is 9.47 Å². The number of aliphatic carboxylic acids is 1. The van der Waals surface area contributed by atoms with Crippen molar-refractivity contribution in [3.05, 3.63) is 54.1 Å². The number of alkyl carbamates (subject to hydrolysis) is 1. The molecule has 0 fully saturated rings. The zero-order valence-corrected chi connectivity index (χ0v) is 15.3. The van der Waals surface area contributed by atoms with Crippen molar-refractivity contribution in [1.29, 1.82) is 0 Å². The Kier molecular flexibility index (Phi) is 5.87. The molecule has 0 aliphatic carbocycles. The third-order valence-electron chi connectivity index (χ3n) is 3.57. The molecule has 1 atom stereocenters. The molecule has 6 nitrogen and oxygen atoms in total. The maximum Gasteiger partial charge on any atom is 0.408 e. The molecule has 0 saturated carbocycles.